The Labute approximate surface area is 320 Å². The van der Waals surface area contributed by atoms with Gasteiger partial charge in [-0.25, -0.2) is 0 Å². The van der Waals surface area contributed by atoms with Crippen molar-refractivity contribution in [3.63, 3.8) is 0 Å². The van der Waals surface area contributed by atoms with Crippen LogP contribution in [0.4, 0.5) is 0 Å². The summed E-state index contributed by atoms with van der Waals surface area (Å²) in [6.07, 6.45) is 31.2. The van der Waals surface area contributed by atoms with Crippen molar-refractivity contribution in [2.24, 2.45) is 0 Å². The third kappa shape index (κ3) is 26.2. The molecule has 1 aliphatic rings. The van der Waals surface area contributed by atoms with E-state index >= 15 is 0 Å². The summed E-state index contributed by atoms with van der Waals surface area (Å²) in [5.41, 5.74) is 0. The fourth-order valence-corrected chi connectivity index (χ4v) is 5.90. The first-order chi connectivity index (χ1) is 25.8. The molecule has 10 heteroatoms. The largest absolute Gasteiger partial charge is 0.462 e. The van der Waals surface area contributed by atoms with E-state index in [9.17, 15) is 30.0 Å². The van der Waals surface area contributed by atoms with E-state index in [0.717, 1.165) is 70.6 Å². The van der Waals surface area contributed by atoms with Gasteiger partial charge in [0.15, 0.2) is 12.4 Å². The van der Waals surface area contributed by atoms with Gasteiger partial charge in [-0.1, -0.05) is 120 Å². The zero-order chi connectivity index (χ0) is 38.8. The van der Waals surface area contributed by atoms with Crippen molar-refractivity contribution >= 4 is 11.9 Å². The third-order valence-corrected chi connectivity index (χ3v) is 9.20. The molecule has 0 radical (unpaired) electrons. The van der Waals surface area contributed by atoms with Crippen LogP contribution in [0.3, 0.4) is 0 Å². The monoisotopic (exact) mass is 751 g/mol. The minimum Gasteiger partial charge on any atom is -0.462 e. The first-order valence-corrected chi connectivity index (χ1v) is 20.7. The summed E-state index contributed by atoms with van der Waals surface area (Å²) in [6.45, 7) is 3.24. The first kappa shape index (κ1) is 48.7. The Morgan fingerprint density at radius 1 is 0.604 bits per heavy atom. The summed E-state index contributed by atoms with van der Waals surface area (Å²) in [7, 11) is 0. The Balaban J connectivity index is 2.39. The van der Waals surface area contributed by atoms with Gasteiger partial charge in [0.2, 0.25) is 0 Å². The summed E-state index contributed by atoms with van der Waals surface area (Å²) >= 11 is 0. The van der Waals surface area contributed by atoms with Crippen LogP contribution in [-0.2, 0) is 28.5 Å². The maximum absolute atomic E-state index is 12.7. The van der Waals surface area contributed by atoms with E-state index in [0.29, 0.717) is 12.8 Å². The molecule has 0 aromatic heterocycles. The van der Waals surface area contributed by atoms with Crippen LogP contribution in [0.15, 0.2) is 48.6 Å². The molecule has 0 aromatic rings. The lowest BCUT2D eigenvalue weighted by Crippen LogP contribution is -2.59. The molecule has 4 N–H and O–H groups in total. The standard InChI is InChI=1S/C43H74O10/c1-3-5-7-9-11-13-15-17-18-20-21-23-25-27-29-31-38(45)50-34-36(35-51-43-42(49)41(48)40(47)37(33-44)53-43)52-39(46)32-30-28-26-24-22-19-16-14-12-10-8-6-4-2/h6,8,12,14,17-19,22,36-37,40-44,47-49H,3-5,7,9-11,13,15-16,20-21,23-35H2,1-2H3/b8-6-,14-12-,18-17-,22-19-. The van der Waals surface area contributed by atoms with Crippen molar-refractivity contribution in [3.8, 4) is 0 Å². The molecule has 1 aliphatic heterocycles. The highest BCUT2D eigenvalue weighted by Crippen LogP contribution is 2.22. The number of hydrogen-bond acceptors (Lipinski definition) is 10. The Bertz CT molecular complexity index is 1010. The van der Waals surface area contributed by atoms with Crippen molar-refractivity contribution in [1.29, 1.82) is 0 Å². The number of hydrogen-bond donors (Lipinski definition) is 4. The van der Waals surface area contributed by atoms with Gasteiger partial charge in [0, 0.05) is 12.8 Å². The number of allylic oxidation sites excluding steroid dienone is 8. The normalized spacial score (nSPS) is 21.4. The van der Waals surface area contributed by atoms with Gasteiger partial charge in [0.25, 0.3) is 0 Å². The van der Waals surface area contributed by atoms with E-state index in [2.05, 4.69) is 62.5 Å². The van der Waals surface area contributed by atoms with Gasteiger partial charge < -0.3 is 39.4 Å². The van der Waals surface area contributed by atoms with Crippen LogP contribution in [0, 0.1) is 0 Å². The topological polar surface area (TPSA) is 152 Å². The molecule has 0 spiro atoms. The number of rotatable bonds is 33. The predicted molar refractivity (Wildman–Crippen MR) is 210 cm³/mol. The molecule has 0 saturated carbocycles. The molecule has 0 amide bonds. The number of carbonyl (C=O) groups is 2. The fourth-order valence-electron chi connectivity index (χ4n) is 5.90. The zero-order valence-electron chi connectivity index (χ0n) is 33.0. The Morgan fingerprint density at radius 2 is 1.11 bits per heavy atom. The zero-order valence-corrected chi connectivity index (χ0v) is 33.0. The van der Waals surface area contributed by atoms with E-state index in [-0.39, 0.29) is 26.1 Å². The smallest absolute Gasteiger partial charge is 0.306 e. The third-order valence-electron chi connectivity index (χ3n) is 9.20. The number of unbranched alkanes of at least 4 members (excludes halogenated alkanes) is 14. The summed E-state index contributed by atoms with van der Waals surface area (Å²) in [6, 6.07) is 0. The van der Waals surface area contributed by atoms with Crippen molar-refractivity contribution in [2.75, 3.05) is 19.8 Å². The van der Waals surface area contributed by atoms with Gasteiger partial charge >= 0.3 is 11.9 Å². The summed E-state index contributed by atoms with van der Waals surface area (Å²) < 4.78 is 22.1. The van der Waals surface area contributed by atoms with Gasteiger partial charge in [-0.05, 0) is 70.6 Å². The summed E-state index contributed by atoms with van der Waals surface area (Å²) in [5, 5.41) is 40.0. The molecule has 10 nitrogen and oxygen atoms in total. The van der Waals surface area contributed by atoms with Crippen LogP contribution >= 0.6 is 0 Å². The van der Waals surface area contributed by atoms with Crippen LogP contribution in [0.5, 0.6) is 0 Å². The van der Waals surface area contributed by atoms with Crippen LogP contribution in [-0.4, -0.2) is 89.0 Å². The SMILES string of the molecule is CC/C=C\C/C=C\C/C=C\CCCCCC(=O)OC(COC(=O)CCCCCCC/C=C\CCCCCCCC)COC1OC(CO)C(O)C(O)C1O. The minimum absolute atomic E-state index is 0.192. The van der Waals surface area contributed by atoms with Gasteiger partial charge in [-0.2, -0.15) is 0 Å². The Morgan fingerprint density at radius 3 is 1.72 bits per heavy atom. The molecular weight excluding hydrogens is 676 g/mol. The highest BCUT2D eigenvalue weighted by Gasteiger charge is 2.44. The predicted octanol–water partition coefficient (Wildman–Crippen LogP) is 8.10. The van der Waals surface area contributed by atoms with Crippen molar-refractivity contribution in [3.05, 3.63) is 48.6 Å². The van der Waals surface area contributed by atoms with Gasteiger partial charge in [-0.3, -0.25) is 9.59 Å². The van der Waals surface area contributed by atoms with E-state index in [1.807, 2.05) is 0 Å². The quantitative estimate of drug-likeness (QED) is 0.0294. The lowest BCUT2D eigenvalue weighted by atomic mass is 9.99. The molecule has 306 valence electrons. The van der Waals surface area contributed by atoms with Crippen molar-refractivity contribution in [2.45, 2.75) is 192 Å². The molecule has 6 atom stereocenters. The molecule has 53 heavy (non-hydrogen) atoms. The number of aliphatic hydroxyl groups is 4. The van der Waals surface area contributed by atoms with Gasteiger partial charge in [0.05, 0.1) is 13.2 Å². The highest BCUT2D eigenvalue weighted by atomic mass is 16.7. The second-order valence-electron chi connectivity index (χ2n) is 14.1. The van der Waals surface area contributed by atoms with E-state index in [1.54, 1.807) is 0 Å². The Hall–Kier alpha value is -2.34. The van der Waals surface area contributed by atoms with E-state index < -0.39 is 55.4 Å². The van der Waals surface area contributed by atoms with Crippen LogP contribution < -0.4 is 0 Å². The molecule has 1 rings (SSSR count). The number of carbonyl (C=O) groups excluding carboxylic acids is 2. The fraction of sp³-hybridized carbons (Fsp3) is 0.767. The molecule has 1 saturated heterocycles. The van der Waals surface area contributed by atoms with Crippen LogP contribution in [0.2, 0.25) is 0 Å². The first-order valence-electron chi connectivity index (χ1n) is 20.7. The molecule has 6 unspecified atom stereocenters. The van der Waals surface area contributed by atoms with Crippen LogP contribution in [0.25, 0.3) is 0 Å². The number of ether oxygens (including phenoxy) is 4. The van der Waals surface area contributed by atoms with Gasteiger partial charge in [0.1, 0.15) is 31.0 Å². The number of aliphatic hydroxyl groups excluding tert-OH is 4. The second-order valence-corrected chi connectivity index (χ2v) is 14.1. The van der Waals surface area contributed by atoms with E-state index in [1.165, 1.54) is 44.9 Å². The minimum atomic E-state index is -1.60. The molecule has 1 heterocycles. The highest BCUT2D eigenvalue weighted by molar-refractivity contribution is 5.70. The van der Waals surface area contributed by atoms with Crippen molar-refractivity contribution < 1.29 is 49.0 Å². The lowest BCUT2D eigenvalue weighted by Gasteiger charge is -2.39. The van der Waals surface area contributed by atoms with E-state index in [4.69, 9.17) is 18.9 Å². The molecule has 1 fully saturated rings. The average Bonchev–Trinajstić information content (AvgIpc) is 3.15. The summed E-state index contributed by atoms with van der Waals surface area (Å²) in [5.74, 6) is -0.855. The molecule has 0 bridgehead atoms. The summed E-state index contributed by atoms with van der Waals surface area (Å²) in [4.78, 5) is 25.2. The maximum Gasteiger partial charge on any atom is 0.306 e. The maximum atomic E-state index is 12.7. The Kier molecular flexibility index (Phi) is 31.4. The molecule has 0 aliphatic carbocycles. The second kappa shape index (κ2) is 34.2. The molecular formula is C43H74O10. The number of esters is 2. The van der Waals surface area contributed by atoms with Crippen molar-refractivity contribution in [1.82, 2.24) is 0 Å². The van der Waals surface area contributed by atoms with Crippen LogP contribution in [0.1, 0.15) is 155 Å². The molecule has 0 aromatic carbocycles. The average molecular weight is 751 g/mol. The van der Waals surface area contributed by atoms with Gasteiger partial charge in [-0.15, -0.1) is 0 Å². The lowest BCUT2D eigenvalue weighted by molar-refractivity contribution is -0.305.